The van der Waals surface area contributed by atoms with Crippen LogP contribution in [0.5, 0.6) is 11.5 Å². The van der Waals surface area contributed by atoms with Crippen molar-refractivity contribution >= 4 is 16.7 Å². The molecule has 0 saturated heterocycles. The minimum absolute atomic E-state index is 0.287. The summed E-state index contributed by atoms with van der Waals surface area (Å²) >= 11 is 0. The molecule has 1 aliphatic carbocycles. The summed E-state index contributed by atoms with van der Waals surface area (Å²) in [5.74, 6) is 2.18. The van der Waals surface area contributed by atoms with Crippen molar-refractivity contribution in [2.24, 2.45) is 0 Å². The van der Waals surface area contributed by atoms with Crippen molar-refractivity contribution < 1.29 is 9.47 Å². The Bertz CT molecular complexity index is 782. The summed E-state index contributed by atoms with van der Waals surface area (Å²) in [7, 11) is 1.65. The SMILES string of the molecule is COc1cc2c(NC(C)C)ncnc2cc1OCC1=CCCC=C1. The van der Waals surface area contributed by atoms with Crippen molar-refractivity contribution in [2.75, 3.05) is 19.0 Å². The van der Waals surface area contributed by atoms with Crippen molar-refractivity contribution in [3.63, 3.8) is 0 Å². The van der Waals surface area contributed by atoms with Crippen molar-refractivity contribution in [1.29, 1.82) is 0 Å². The molecule has 0 fully saturated rings. The lowest BCUT2D eigenvalue weighted by Crippen LogP contribution is -2.11. The molecule has 0 spiro atoms. The first-order valence-electron chi connectivity index (χ1n) is 8.25. The quantitative estimate of drug-likeness (QED) is 0.866. The number of benzene rings is 1. The number of ether oxygens (including phenoxy) is 2. The first-order chi connectivity index (χ1) is 11.7. The van der Waals surface area contributed by atoms with E-state index in [4.69, 9.17) is 9.47 Å². The number of anilines is 1. The molecule has 2 aromatic rings. The maximum absolute atomic E-state index is 5.97. The highest BCUT2D eigenvalue weighted by Gasteiger charge is 2.12. The molecular formula is C19H23N3O2. The van der Waals surface area contributed by atoms with Gasteiger partial charge in [0, 0.05) is 17.5 Å². The van der Waals surface area contributed by atoms with Gasteiger partial charge >= 0.3 is 0 Å². The molecule has 0 bridgehead atoms. The molecule has 1 heterocycles. The van der Waals surface area contributed by atoms with Crippen LogP contribution >= 0.6 is 0 Å². The number of nitrogens with one attached hydrogen (secondary N) is 1. The standard InChI is InChI=1S/C19H23N3O2/c1-13(2)22-19-15-9-17(23-3)18(10-16(15)20-12-21-19)24-11-14-7-5-4-6-8-14/h5,7-10,12-13H,4,6,11H2,1-3H3,(H,20,21,22). The van der Waals surface area contributed by atoms with E-state index < -0.39 is 0 Å². The van der Waals surface area contributed by atoms with E-state index in [1.54, 1.807) is 13.4 Å². The lowest BCUT2D eigenvalue weighted by molar-refractivity contribution is 0.321. The Morgan fingerprint density at radius 1 is 1.17 bits per heavy atom. The summed E-state index contributed by atoms with van der Waals surface area (Å²) in [6.07, 6.45) is 10.2. The molecule has 1 aliphatic rings. The molecule has 1 aromatic carbocycles. The van der Waals surface area contributed by atoms with Crippen molar-refractivity contribution in [1.82, 2.24) is 9.97 Å². The highest BCUT2D eigenvalue weighted by Crippen LogP contribution is 2.34. The van der Waals surface area contributed by atoms with E-state index in [2.05, 4.69) is 47.4 Å². The second-order valence-electron chi connectivity index (χ2n) is 6.09. The molecule has 24 heavy (non-hydrogen) atoms. The average Bonchev–Trinajstić information content (AvgIpc) is 2.60. The smallest absolute Gasteiger partial charge is 0.163 e. The summed E-state index contributed by atoms with van der Waals surface area (Å²) in [5, 5.41) is 4.26. The number of hydrogen-bond donors (Lipinski definition) is 1. The average molecular weight is 325 g/mol. The van der Waals surface area contributed by atoms with Gasteiger partial charge in [-0.25, -0.2) is 9.97 Å². The van der Waals surface area contributed by atoms with Gasteiger partial charge in [0.15, 0.2) is 11.5 Å². The summed E-state index contributed by atoms with van der Waals surface area (Å²) in [5.41, 5.74) is 2.02. The summed E-state index contributed by atoms with van der Waals surface area (Å²) in [6, 6.07) is 4.13. The van der Waals surface area contributed by atoms with Gasteiger partial charge in [-0.3, -0.25) is 0 Å². The Kier molecular flexibility index (Phi) is 4.99. The van der Waals surface area contributed by atoms with Crippen LogP contribution in [0.2, 0.25) is 0 Å². The lowest BCUT2D eigenvalue weighted by Gasteiger charge is -2.15. The zero-order valence-electron chi connectivity index (χ0n) is 14.4. The molecule has 5 nitrogen and oxygen atoms in total. The molecule has 0 unspecified atom stereocenters. The van der Waals surface area contributed by atoms with Crippen LogP contribution in [0, 0.1) is 0 Å². The van der Waals surface area contributed by atoms with Gasteiger partial charge in [0.25, 0.3) is 0 Å². The van der Waals surface area contributed by atoms with E-state index in [-0.39, 0.29) is 6.04 Å². The molecule has 1 aromatic heterocycles. The number of rotatable bonds is 6. The molecule has 0 amide bonds. The van der Waals surface area contributed by atoms with Gasteiger partial charge < -0.3 is 14.8 Å². The van der Waals surface area contributed by atoms with Gasteiger partial charge in [-0.15, -0.1) is 0 Å². The molecule has 1 N–H and O–H groups in total. The first kappa shape index (κ1) is 16.3. The number of aromatic nitrogens is 2. The van der Waals surface area contributed by atoms with Gasteiger partial charge in [0.1, 0.15) is 18.8 Å². The number of nitrogens with zero attached hydrogens (tertiary/aromatic N) is 2. The summed E-state index contributed by atoms with van der Waals surface area (Å²) in [6.45, 7) is 4.68. The Hall–Kier alpha value is -2.56. The highest BCUT2D eigenvalue weighted by molar-refractivity contribution is 5.91. The van der Waals surface area contributed by atoms with Gasteiger partial charge in [0.2, 0.25) is 0 Å². The Labute approximate surface area is 142 Å². The molecular weight excluding hydrogens is 302 g/mol. The predicted molar refractivity (Wildman–Crippen MR) is 96.8 cm³/mol. The van der Waals surface area contributed by atoms with E-state index in [9.17, 15) is 0 Å². The molecule has 126 valence electrons. The van der Waals surface area contributed by atoms with Crippen LogP contribution in [0.3, 0.4) is 0 Å². The number of methoxy groups -OCH3 is 1. The van der Waals surface area contributed by atoms with Crippen LogP contribution in [-0.4, -0.2) is 29.7 Å². The highest BCUT2D eigenvalue weighted by atomic mass is 16.5. The number of hydrogen-bond acceptors (Lipinski definition) is 5. The lowest BCUT2D eigenvalue weighted by atomic mass is 10.1. The topological polar surface area (TPSA) is 56.3 Å². The molecule has 0 atom stereocenters. The van der Waals surface area contributed by atoms with Crippen LogP contribution in [0.25, 0.3) is 10.9 Å². The molecule has 0 radical (unpaired) electrons. The minimum atomic E-state index is 0.287. The molecule has 3 rings (SSSR count). The third-order valence-corrected chi connectivity index (χ3v) is 3.81. The molecule has 0 aliphatic heterocycles. The largest absolute Gasteiger partial charge is 0.493 e. The molecule has 5 heteroatoms. The van der Waals surface area contributed by atoms with E-state index in [1.165, 1.54) is 5.57 Å². The van der Waals surface area contributed by atoms with E-state index >= 15 is 0 Å². The van der Waals surface area contributed by atoms with E-state index in [0.29, 0.717) is 18.1 Å². The zero-order chi connectivity index (χ0) is 16.9. The Balaban J connectivity index is 1.90. The zero-order valence-corrected chi connectivity index (χ0v) is 14.4. The van der Waals surface area contributed by atoms with E-state index in [1.807, 2.05) is 12.1 Å². The van der Waals surface area contributed by atoms with Crippen molar-refractivity contribution in [3.05, 3.63) is 42.3 Å². The van der Waals surface area contributed by atoms with Crippen molar-refractivity contribution in [2.45, 2.75) is 32.7 Å². The maximum Gasteiger partial charge on any atom is 0.163 e. The maximum atomic E-state index is 5.97. The van der Waals surface area contributed by atoms with Gasteiger partial charge in [-0.05, 0) is 38.3 Å². The van der Waals surface area contributed by atoms with Gasteiger partial charge in [-0.2, -0.15) is 0 Å². The van der Waals surface area contributed by atoms with Crippen LogP contribution in [0.4, 0.5) is 5.82 Å². The summed E-state index contributed by atoms with van der Waals surface area (Å²) < 4.78 is 11.5. The van der Waals surface area contributed by atoms with Crippen LogP contribution < -0.4 is 14.8 Å². The van der Waals surface area contributed by atoms with Gasteiger partial charge in [-0.1, -0.05) is 18.2 Å². The van der Waals surface area contributed by atoms with Gasteiger partial charge in [0.05, 0.1) is 12.6 Å². The number of fused-ring (bicyclic) bond motifs is 1. The van der Waals surface area contributed by atoms with Crippen LogP contribution in [0.1, 0.15) is 26.7 Å². The van der Waals surface area contributed by atoms with Crippen LogP contribution in [-0.2, 0) is 0 Å². The second kappa shape index (κ2) is 7.34. The molecule has 0 saturated carbocycles. The predicted octanol–water partition coefficient (Wildman–Crippen LogP) is 4.11. The number of allylic oxidation sites excluding steroid dienone is 2. The van der Waals surface area contributed by atoms with Crippen molar-refractivity contribution in [3.8, 4) is 11.5 Å². The Morgan fingerprint density at radius 3 is 2.75 bits per heavy atom. The minimum Gasteiger partial charge on any atom is -0.493 e. The summed E-state index contributed by atoms with van der Waals surface area (Å²) in [4.78, 5) is 8.70. The first-order valence-corrected chi connectivity index (χ1v) is 8.25. The third-order valence-electron chi connectivity index (χ3n) is 3.81. The fourth-order valence-corrected chi connectivity index (χ4v) is 2.66. The Morgan fingerprint density at radius 2 is 2.04 bits per heavy atom. The third kappa shape index (κ3) is 3.67. The van der Waals surface area contributed by atoms with Crippen LogP contribution in [0.15, 0.2) is 42.3 Å². The second-order valence-corrected chi connectivity index (χ2v) is 6.09. The monoisotopic (exact) mass is 325 g/mol. The fourth-order valence-electron chi connectivity index (χ4n) is 2.66. The normalized spacial score (nSPS) is 13.9. The fraction of sp³-hybridized carbons (Fsp3) is 0.368. The van der Waals surface area contributed by atoms with E-state index in [0.717, 1.165) is 29.6 Å².